The van der Waals surface area contributed by atoms with Crippen LogP contribution in [0.3, 0.4) is 0 Å². The van der Waals surface area contributed by atoms with Gasteiger partial charge in [-0.15, -0.1) is 0 Å². The van der Waals surface area contributed by atoms with E-state index >= 15 is 0 Å². The quantitative estimate of drug-likeness (QED) is 0.776. The molecule has 0 bridgehead atoms. The number of ether oxygens (including phenoxy) is 1. The highest BCUT2D eigenvalue weighted by atomic mass is 16.5. The zero-order valence-corrected chi connectivity index (χ0v) is 10.4. The lowest BCUT2D eigenvalue weighted by molar-refractivity contribution is 0.0594. The third-order valence-electron chi connectivity index (χ3n) is 2.64. The van der Waals surface area contributed by atoms with E-state index in [1.807, 2.05) is 24.3 Å². The molecule has 4 nitrogen and oxygen atoms in total. The highest BCUT2D eigenvalue weighted by molar-refractivity contribution is 5.87. The van der Waals surface area contributed by atoms with Gasteiger partial charge in [0.2, 0.25) is 0 Å². The minimum Gasteiger partial charge on any atom is -0.464 e. The van der Waals surface area contributed by atoms with Crippen molar-refractivity contribution in [1.29, 1.82) is 0 Å². The maximum Gasteiger partial charge on any atom is 0.356 e. The summed E-state index contributed by atoms with van der Waals surface area (Å²) in [6.45, 7) is 2.09. The lowest BCUT2D eigenvalue weighted by Gasteiger charge is -2.04. The Hall–Kier alpha value is -2.23. The largest absolute Gasteiger partial charge is 0.464 e. The number of hydrogen-bond acceptors (Lipinski definition) is 4. The summed E-state index contributed by atoms with van der Waals surface area (Å²) >= 11 is 0. The predicted molar refractivity (Wildman–Crippen MR) is 68.2 cm³/mol. The Morgan fingerprint density at radius 3 is 2.89 bits per heavy atom. The fourth-order valence-electron chi connectivity index (χ4n) is 1.65. The summed E-state index contributed by atoms with van der Waals surface area (Å²) in [6.07, 6.45) is 2.51. The van der Waals surface area contributed by atoms with Gasteiger partial charge in [0.15, 0.2) is 11.5 Å². The molecule has 92 valence electrons. The van der Waals surface area contributed by atoms with Crippen molar-refractivity contribution in [3.63, 3.8) is 0 Å². The van der Waals surface area contributed by atoms with Gasteiger partial charge in [0.25, 0.3) is 0 Å². The van der Waals surface area contributed by atoms with Crippen molar-refractivity contribution in [3.05, 3.63) is 47.8 Å². The van der Waals surface area contributed by atoms with E-state index in [1.54, 1.807) is 12.3 Å². The normalized spacial score (nSPS) is 10.1. The van der Waals surface area contributed by atoms with E-state index in [0.717, 1.165) is 12.0 Å². The van der Waals surface area contributed by atoms with Crippen molar-refractivity contribution >= 4 is 5.97 Å². The summed E-state index contributed by atoms with van der Waals surface area (Å²) in [5.74, 6) is 0.0819. The molecular weight excluding hydrogens is 228 g/mol. The number of carbonyl (C=O) groups excluding carboxylic acids is 1. The standard InChI is InChI=1S/C14H14N2O2/c1-3-10-5-4-6-11(9-10)13-15-8-7-12(16-13)14(17)18-2/h4-9H,3H2,1-2H3. The molecule has 0 amide bonds. The number of benzene rings is 1. The van der Waals surface area contributed by atoms with E-state index in [9.17, 15) is 4.79 Å². The minimum absolute atomic E-state index is 0.268. The SMILES string of the molecule is CCc1cccc(-c2nccc(C(=O)OC)n2)c1. The third-order valence-corrected chi connectivity index (χ3v) is 2.64. The van der Waals surface area contributed by atoms with Crippen molar-refractivity contribution in [3.8, 4) is 11.4 Å². The number of carbonyl (C=O) groups is 1. The molecule has 18 heavy (non-hydrogen) atoms. The molecule has 2 rings (SSSR count). The van der Waals surface area contributed by atoms with Crippen molar-refractivity contribution in [2.45, 2.75) is 13.3 Å². The molecule has 4 heteroatoms. The van der Waals surface area contributed by atoms with Crippen LogP contribution in [0.1, 0.15) is 23.0 Å². The van der Waals surface area contributed by atoms with Gasteiger partial charge in [0, 0.05) is 11.8 Å². The number of aromatic nitrogens is 2. The van der Waals surface area contributed by atoms with Crippen molar-refractivity contribution in [2.24, 2.45) is 0 Å². The van der Waals surface area contributed by atoms with Crippen molar-refractivity contribution in [2.75, 3.05) is 7.11 Å². The topological polar surface area (TPSA) is 52.1 Å². The Morgan fingerprint density at radius 2 is 2.17 bits per heavy atom. The first-order valence-electron chi connectivity index (χ1n) is 5.75. The Bertz CT molecular complexity index is 567. The molecule has 0 aliphatic heterocycles. The smallest absolute Gasteiger partial charge is 0.356 e. The molecule has 0 saturated carbocycles. The zero-order valence-electron chi connectivity index (χ0n) is 10.4. The van der Waals surface area contributed by atoms with Gasteiger partial charge in [0.05, 0.1) is 7.11 Å². The maximum absolute atomic E-state index is 11.4. The molecule has 0 N–H and O–H groups in total. The van der Waals surface area contributed by atoms with Crippen LogP contribution < -0.4 is 0 Å². The monoisotopic (exact) mass is 242 g/mol. The summed E-state index contributed by atoms with van der Waals surface area (Å²) < 4.78 is 4.64. The second-order valence-electron chi connectivity index (χ2n) is 3.81. The number of hydrogen-bond donors (Lipinski definition) is 0. The maximum atomic E-state index is 11.4. The molecule has 0 unspecified atom stereocenters. The van der Waals surface area contributed by atoms with Gasteiger partial charge in [-0.1, -0.05) is 25.1 Å². The molecule has 1 aromatic heterocycles. The van der Waals surface area contributed by atoms with Gasteiger partial charge < -0.3 is 4.74 Å². The van der Waals surface area contributed by atoms with Gasteiger partial charge in [-0.2, -0.15) is 0 Å². The van der Waals surface area contributed by atoms with E-state index in [4.69, 9.17) is 0 Å². The summed E-state index contributed by atoms with van der Waals surface area (Å²) in [4.78, 5) is 19.8. The molecule has 2 aromatic rings. The van der Waals surface area contributed by atoms with Crippen LogP contribution in [0, 0.1) is 0 Å². The van der Waals surface area contributed by atoms with Crippen LogP contribution in [0.5, 0.6) is 0 Å². The first-order valence-corrected chi connectivity index (χ1v) is 5.75. The molecule has 0 aliphatic rings. The molecule has 0 fully saturated rings. The summed E-state index contributed by atoms with van der Waals surface area (Å²) in [6, 6.07) is 9.50. The molecule has 1 heterocycles. The average molecular weight is 242 g/mol. The third kappa shape index (κ3) is 2.53. The highest BCUT2D eigenvalue weighted by Crippen LogP contribution is 2.16. The van der Waals surface area contributed by atoms with E-state index in [-0.39, 0.29) is 5.69 Å². The number of rotatable bonds is 3. The molecule has 0 aliphatic carbocycles. The lowest BCUT2D eigenvalue weighted by atomic mass is 10.1. The first-order chi connectivity index (χ1) is 8.74. The van der Waals surface area contributed by atoms with Crippen LogP contribution in [-0.2, 0) is 11.2 Å². The Balaban J connectivity index is 2.41. The van der Waals surface area contributed by atoms with Crippen LogP contribution in [0.15, 0.2) is 36.5 Å². The van der Waals surface area contributed by atoms with Gasteiger partial charge in [-0.05, 0) is 24.1 Å². The molecular formula is C14H14N2O2. The highest BCUT2D eigenvalue weighted by Gasteiger charge is 2.09. The molecule has 0 saturated heterocycles. The zero-order chi connectivity index (χ0) is 13.0. The molecule has 1 aromatic carbocycles. The van der Waals surface area contributed by atoms with Gasteiger partial charge >= 0.3 is 5.97 Å². The van der Waals surface area contributed by atoms with Crippen LogP contribution in [-0.4, -0.2) is 23.0 Å². The van der Waals surface area contributed by atoms with Crippen LogP contribution in [0.2, 0.25) is 0 Å². The lowest BCUT2D eigenvalue weighted by Crippen LogP contribution is -2.05. The van der Waals surface area contributed by atoms with E-state index in [0.29, 0.717) is 5.82 Å². The van der Waals surface area contributed by atoms with Crippen molar-refractivity contribution in [1.82, 2.24) is 9.97 Å². The number of nitrogens with zero attached hydrogens (tertiary/aromatic N) is 2. The second-order valence-corrected chi connectivity index (χ2v) is 3.81. The van der Waals surface area contributed by atoms with Crippen molar-refractivity contribution < 1.29 is 9.53 Å². The summed E-state index contributed by atoms with van der Waals surface area (Å²) in [5, 5.41) is 0. The molecule has 0 atom stereocenters. The Kier molecular flexibility index (Phi) is 3.67. The Labute approximate surface area is 106 Å². The number of methoxy groups -OCH3 is 1. The van der Waals surface area contributed by atoms with Gasteiger partial charge in [0.1, 0.15) is 0 Å². The van der Waals surface area contributed by atoms with E-state index < -0.39 is 5.97 Å². The fourth-order valence-corrected chi connectivity index (χ4v) is 1.65. The fraction of sp³-hybridized carbons (Fsp3) is 0.214. The Morgan fingerprint density at radius 1 is 1.33 bits per heavy atom. The van der Waals surface area contributed by atoms with Crippen LogP contribution in [0.4, 0.5) is 0 Å². The van der Waals surface area contributed by atoms with Gasteiger partial charge in [-0.25, -0.2) is 14.8 Å². The van der Waals surface area contributed by atoms with E-state index in [2.05, 4.69) is 21.6 Å². The second kappa shape index (κ2) is 5.40. The van der Waals surface area contributed by atoms with E-state index in [1.165, 1.54) is 12.7 Å². The molecule has 0 radical (unpaired) electrons. The van der Waals surface area contributed by atoms with Crippen LogP contribution in [0.25, 0.3) is 11.4 Å². The van der Waals surface area contributed by atoms with Gasteiger partial charge in [-0.3, -0.25) is 0 Å². The number of aryl methyl sites for hydroxylation is 1. The predicted octanol–water partition coefficient (Wildman–Crippen LogP) is 2.49. The summed E-state index contributed by atoms with van der Waals surface area (Å²) in [5.41, 5.74) is 2.38. The summed E-state index contributed by atoms with van der Waals surface area (Å²) in [7, 11) is 1.34. The average Bonchev–Trinajstić information content (AvgIpc) is 2.46. The minimum atomic E-state index is -0.453. The van der Waals surface area contributed by atoms with Crippen LogP contribution >= 0.6 is 0 Å². The number of esters is 1. The molecule has 0 spiro atoms. The first kappa shape index (κ1) is 12.2.